The first-order chi connectivity index (χ1) is 7.47. The van der Waals surface area contributed by atoms with Crippen LogP contribution in [0.5, 0.6) is 0 Å². The molecule has 90 valence electrons. The van der Waals surface area contributed by atoms with Crippen LogP contribution in [-0.2, 0) is 16.9 Å². The summed E-state index contributed by atoms with van der Waals surface area (Å²) in [6.45, 7) is 7.00. The van der Waals surface area contributed by atoms with E-state index in [0.29, 0.717) is 25.3 Å². The van der Waals surface area contributed by atoms with Crippen LogP contribution < -0.4 is 0 Å². The molecule has 16 heavy (non-hydrogen) atoms. The number of likely N-dealkylation sites (N-methyl/N-ethyl adjacent to an activating group) is 1. The number of nitrogens with zero attached hydrogens (tertiary/aromatic N) is 4. The van der Waals surface area contributed by atoms with Crippen LogP contribution in [0.25, 0.3) is 0 Å². The predicted molar refractivity (Wildman–Crippen MR) is 58.6 cm³/mol. The molecular formula is C10H18N4O2. The van der Waals surface area contributed by atoms with Crippen molar-refractivity contribution in [2.24, 2.45) is 0 Å². The zero-order valence-corrected chi connectivity index (χ0v) is 9.92. The van der Waals surface area contributed by atoms with Gasteiger partial charge in [-0.1, -0.05) is 0 Å². The molecular weight excluding hydrogens is 208 g/mol. The van der Waals surface area contributed by atoms with Gasteiger partial charge in [0, 0.05) is 13.1 Å². The summed E-state index contributed by atoms with van der Waals surface area (Å²) in [6.07, 6.45) is 2.34. The van der Waals surface area contributed by atoms with E-state index in [4.69, 9.17) is 0 Å². The van der Waals surface area contributed by atoms with Crippen LogP contribution in [0.2, 0.25) is 0 Å². The molecule has 1 aromatic heterocycles. The third-order valence-corrected chi connectivity index (χ3v) is 2.31. The van der Waals surface area contributed by atoms with Gasteiger partial charge in [0.05, 0.1) is 12.7 Å². The minimum atomic E-state index is -0.979. The van der Waals surface area contributed by atoms with Crippen LogP contribution in [0.3, 0.4) is 0 Å². The number of hydrogen-bond acceptors (Lipinski definition) is 4. The first-order valence-corrected chi connectivity index (χ1v) is 5.29. The number of hydrogen-bond donors (Lipinski definition) is 1. The lowest BCUT2D eigenvalue weighted by Gasteiger charge is -2.14. The second kappa shape index (κ2) is 5.07. The normalized spacial score (nSPS) is 11.5. The number of amides is 1. The van der Waals surface area contributed by atoms with Gasteiger partial charge in [0.1, 0.15) is 11.3 Å². The molecule has 0 aliphatic carbocycles. The molecule has 0 saturated carbocycles. The lowest BCUT2D eigenvalue weighted by atomic mass is 10.1. The molecule has 0 atom stereocenters. The number of carbonyl (C=O) groups excluding carboxylic acids is 1. The van der Waals surface area contributed by atoms with Crippen molar-refractivity contribution in [2.75, 3.05) is 13.1 Å². The molecule has 0 unspecified atom stereocenters. The van der Waals surface area contributed by atoms with Crippen molar-refractivity contribution >= 4 is 6.41 Å². The summed E-state index contributed by atoms with van der Waals surface area (Å²) in [4.78, 5) is 13.7. The lowest BCUT2D eigenvalue weighted by molar-refractivity contribution is -0.118. The Balaban J connectivity index is 2.56. The van der Waals surface area contributed by atoms with E-state index < -0.39 is 5.60 Å². The topological polar surface area (TPSA) is 71.2 Å². The molecule has 0 spiro atoms. The number of rotatable bonds is 6. The summed E-state index contributed by atoms with van der Waals surface area (Å²) in [5.41, 5.74) is -0.450. The van der Waals surface area contributed by atoms with E-state index in [1.165, 1.54) is 11.0 Å². The van der Waals surface area contributed by atoms with Crippen LogP contribution >= 0.6 is 0 Å². The van der Waals surface area contributed by atoms with Crippen molar-refractivity contribution < 1.29 is 9.90 Å². The Hall–Kier alpha value is -1.43. The highest BCUT2D eigenvalue weighted by atomic mass is 16.3. The number of carbonyl (C=O) groups is 1. The van der Waals surface area contributed by atoms with Crippen LogP contribution in [0.4, 0.5) is 0 Å². The van der Waals surface area contributed by atoms with E-state index in [9.17, 15) is 9.90 Å². The molecule has 0 radical (unpaired) electrons. The quantitative estimate of drug-likeness (QED) is 0.692. The maximum Gasteiger partial charge on any atom is 0.209 e. The lowest BCUT2D eigenvalue weighted by Crippen LogP contribution is -2.26. The standard InChI is InChI=1S/C10H18N4O2/c1-4-13(8-15)5-6-14-11-7-9(12-14)10(2,3)16/h7-8,16H,4-6H2,1-3H3. The van der Waals surface area contributed by atoms with Crippen molar-refractivity contribution in [3.63, 3.8) is 0 Å². The Labute approximate surface area is 94.9 Å². The van der Waals surface area contributed by atoms with E-state index in [2.05, 4.69) is 10.2 Å². The Morgan fingerprint density at radius 1 is 1.62 bits per heavy atom. The van der Waals surface area contributed by atoms with Crippen LogP contribution in [0, 0.1) is 0 Å². The summed E-state index contributed by atoms with van der Waals surface area (Å²) in [5.74, 6) is 0. The van der Waals surface area contributed by atoms with Crippen LogP contribution in [-0.4, -0.2) is 44.5 Å². The van der Waals surface area contributed by atoms with Gasteiger partial charge < -0.3 is 10.0 Å². The monoisotopic (exact) mass is 226 g/mol. The first kappa shape index (κ1) is 12.6. The molecule has 6 heteroatoms. The van der Waals surface area contributed by atoms with Crippen molar-refractivity contribution in [3.05, 3.63) is 11.9 Å². The van der Waals surface area contributed by atoms with Crippen molar-refractivity contribution in [1.82, 2.24) is 19.9 Å². The van der Waals surface area contributed by atoms with E-state index in [-0.39, 0.29) is 0 Å². The number of aromatic nitrogens is 3. The van der Waals surface area contributed by atoms with Gasteiger partial charge in [-0.2, -0.15) is 15.0 Å². The Morgan fingerprint density at radius 3 is 2.75 bits per heavy atom. The second-order valence-electron chi connectivity index (χ2n) is 4.12. The summed E-state index contributed by atoms with van der Waals surface area (Å²) in [6, 6.07) is 0. The largest absolute Gasteiger partial charge is 0.384 e. The molecule has 0 aliphatic rings. The average Bonchev–Trinajstić information content (AvgIpc) is 2.67. The zero-order chi connectivity index (χ0) is 12.2. The molecule has 6 nitrogen and oxygen atoms in total. The van der Waals surface area contributed by atoms with Gasteiger partial charge in [0.25, 0.3) is 0 Å². The fraction of sp³-hybridized carbons (Fsp3) is 0.700. The highest BCUT2D eigenvalue weighted by molar-refractivity contribution is 5.46. The van der Waals surface area contributed by atoms with E-state index in [1.54, 1.807) is 18.7 Å². The van der Waals surface area contributed by atoms with Gasteiger partial charge >= 0.3 is 0 Å². The summed E-state index contributed by atoms with van der Waals surface area (Å²) < 4.78 is 0. The van der Waals surface area contributed by atoms with Gasteiger partial charge in [-0.3, -0.25) is 4.79 Å². The maximum atomic E-state index is 10.6. The molecule has 1 heterocycles. The molecule has 1 amide bonds. The molecule has 0 aliphatic heterocycles. The van der Waals surface area contributed by atoms with Gasteiger partial charge in [0.2, 0.25) is 6.41 Å². The molecule has 1 N–H and O–H groups in total. The highest BCUT2D eigenvalue weighted by Crippen LogP contribution is 2.15. The van der Waals surface area contributed by atoms with Gasteiger partial charge in [-0.25, -0.2) is 0 Å². The average molecular weight is 226 g/mol. The fourth-order valence-corrected chi connectivity index (χ4v) is 1.19. The number of aliphatic hydroxyl groups is 1. The van der Waals surface area contributed by atoms with Gasteiger partial charge in [0.15, 0.2) is 0 Å². The molecule has 0 bridgehead atoms. The smallest absolute Gasteiger partial charge is 0.209 e. The van der Waals surface area contributed by atoms with Gasteiger partial charge in [-0.05, 0) is 20.8 Å². The molecule has 1 rings (SSSR count). The summed E-state index contributed by atoms with van der Waals surface area (Å²) in [5, 5.41) is 17.9. The van der Waals surface area contributed by atoms with Crippen LogP contribution in [0.15, 0.2) is 6.20 Å². The predicted octanol–water partition coefficient (Wildman–Crippen LogP) is -0.0162. The second-order valence-corrected chi connectivity index (χ2v) is 4.12. The Morgan fingerprint density at radius 2 is 2.31 bits per heavy atom. The van der Waals surface area contributed by atoms with Crippen molar-refractivity contribution in [1.29, 1.82) is 0 Å². The van der Waals surface area contributed by atoms with E-state index in [0.717, 1.165) is 6.41 Å². The summed E-state index contributed by atoms with van der Waals surface area (Å²) in [7, 11) is 0. The van der Waals surface area contributed by atoms with Crippen molar-refractivity contribution in [2.45, 2.75) is 32.9 Å². The van der Waals surface area contributed by atoms with E-state index in [1.807, 2.05) is 6.92 Å². The third kappa shape index (κ3) is 3.30. The highest BCUT2D eigenvalue weighted by Gasteiger charge is 2.19. The SMILES string of the molecule is CCN(C=O)CCn1ncc(C(C)(C)O)n1. The minimum absolute atomic E-state index is 0.529. The van der Waals surface area contributed by atoms with E-state index >= 15 is 0 Å². The summed E-state index contributed by atoms with van der Waals surface area (Å²) >= 11 is 0. The molecule has 0 saturated heterocycles. The Kier molecular flexibility index (Phi) is 4.00. The fourth-order valence-electron chi connectivity index (χ4n) is 1.19. The third-order valence-electron chi connectivity index (χ3n) is 2.31. The molecule has 0 aromatic carbocycles. The Bertz CT molecular complexity index is 343. The molecule has 0 fully saturated rings. The maximum absolute atomic E-state index is 10.6. The van der Waals surface area contributed by atoms with Crippen LogP contribution in [0.1, 0.15) is 26.5 Å². The zero-order valence-electron chi connectivity index (χ0n) is 9.92. The molecule has 1 aromatic rings. The van der Waals surface area contributed by atoms with Crippen molar-refractivity contribution in [3.8, 4) is 0 Å². The first-order valence-electron chi connectivity index (χ1n) is 5.29. The van der Waals surface area contributed by atoms with Gasteiger partial charge in [-0.15, -0.1) is 0 Å². The minimum Gasteiger partial charge on any atom is -0.384 e.